The van der Waals surface area contributed by atoms with Crippen LogP contribution in [0.3, 0.4) is 0 Å². The van der Waals surface area contributed by atoms with E-state index in [2.05, 4.69) is 15.3 Å². The van der Waals surface area contributed by atoms with Gasteiger partial charge in [-0.05, 0) is 23.9 Å². The lowest BCUT2D eigenvalue weighted by molar-refractivity contribution is 0.454. The van der Waals surface area contributed by atoms with Gasteiger partial charge in [0.15, 0.2) is 0 Å². The molecular weight excluding hydrogens is 198 g/mol. The summed E-state index contributed by atoms with van der Waals surface area (Å²) >= 11 is 1.39. The first-order chi connectivity index (χ1) is 6.88. The molecule has 72 valence electrons. The van der Waals surface area contributed by atoms with Gasteiger partial charge in [-0.15, -0.1) is 0 Å². The van der Waals surface area contributed by atoms with E-state index in [0.717, 1.165) is 10.8 Å². The highest BCUT2D eigenvalue weighted by molar-refractivity contribution is 7.99. The van der Waals surface area contributed by atoms with Crippen molar-refractivity contribution in [1.82, 2.24) is 9.97 Å². The van der Waals surface area contributed by atoms with Gasteiger partial charge in [0.2, 0.25) is 0 Å². The number of hydrogen-bond donors (Lipinski definition) is 1. The van der Waals surface area contributed by atoms with Crippen LogP contribution in [0.5, 0.6) is 0 Å². The maximum absolute atomic E-state index is 5.10. The van der Waals surface area contributed by atoms with Crippen molar-refractivity contribution >= 4 is 17.6 Å². The van der Waals surface area contributed by atoms with Crippen LogP contribution in [-0.4, -0.2) is 17.0 Å². The van der Waals surface area contributed by atoms with Crippen LogP contribution in [0.2, 0.25) is 0 Å². The summed E-state index contributed by atoms with van der Waals surface area (Å²) in [7, 11) is 1.84. The number of nitrogens with zero attached hydrogens (tertiary/aromatic N) is 2. The van der Waals surface area contributed by atoms with Crippen LogP contribution in [-0.2, 0) is 0 Å². The summed E-state index contributed by atoms with van der Waals surface area (Å²) in [5.74, 6) is 0.835. The monoisotopic (exact) mass is 207 g/mol. The zero-order valence-electron chi connectivity index (χ0n) is 7.60. The van der Waals surface area contributed by atoms with Gasteiger partial charge in [-0.3, -0.25) is 0 Å². The Morgan fingerprint density at radius 2 is 2.36 bits per heavy atom. The van der Waals surface area contributed by atoms with E-state index in [4.69, 9.17) is 4.42 Å². The van der Waals surface area contributed by atoms with E-state index >= 15 is 0 Å². The summed E-state index contributed by atoms with van der Waals surface area (Å²) in [4.78, 5) is 8.32. The maximum atomic E-state index is 5.10. The Morgan fingerprint density at radius 3 is 3.07 bits per heavy atom. The Hall–Kier alpha value is -1.49. The van der Waals surface area contributed by atoms with Crippen molar-refractivity contribution in [2.75, 3.05) is 12.4 Å². The molecule has 2 rings (SSSR count). The van der Waals surface area contributed by atoms with Crippen LogP contribution in [0.25, 0.3) is 0 Å². The van der Waals surface area contributed by atoms with Gasteiger partial charge in [-0.25, -0.2) is 9.97 Å². The minimum Gasteiger partial charge on any atom is -0.440 e. The van der Waals surface area contributed by atoms with E-state index in [0.29, 0.717) is 5.22 Å². The van der Waals surface area contributed by atoms with Gasteiger partial charge in [-0.1, -0.05) is 6.07 Å². The molecule has 0 saturated carbocycles. The SMILES string of the molecule is CNc1cccc(Sc2ncco2)n1. The molecule has 2 aromatic heterocycles. The summed E-state index contributed by atoms with van der Waals surface area (Å²) in [6, 6.07) is 5.75. The first kappa shape index (κ1) is 9.08. The summed E-state index contributed by atoms with van der Waals surface area (Å²) < 4.78 is 5.10. The molecule has 0 aliphatic carbocycles. The number of pyridine rings is 1. The van der Waals surface area contributed by atoms with Crippen molar-refractivity contribution in [2.45, 2.75) is 10.2 Å². The Morgan fingerprint density at radius 1 is 1.43 bits per heavy atom. The lowest BCUT2D eigenvalue weighted by Crippen LogP contribution is -1.91. The molecule has 14 heavy (non-hydrogen) atoms. The summed E-state index contributed by atoms with van der Waals surface area (Å²) in [5.41, 5.74) is 0. The molecule has 0 unspecified atom stereocenters. The quantitative estimate of drug-likeness (QED) is 0.836. The van der Waals surface area contributed by atoms with Gasteiger partial charge in [0.25, 0.3) is 5.22 Å². The second kappa shape index (κ2) is 4.15. The Labute approximate surface area is 85.8 Å². The van der Waals surface area contributed by atoms with Gasteiger partial charge in [0.1, 0.15) is 17.1 Å². The minimum absolute atomic E-state index is 0.603. The normalized spacial score (nSPS) is 10.1. The lowest BCUT2D eigenvalue weighted by atomic mass is 10.5. The minimum atomic E-state index is 0.603. The van der Waals surface area contributed by atoms with Crippen molar-refractivity contribution in [3.8, 4) is 0 Å². The van der Waals surface area contributed by atoms with Gasteiger partial charge < -0.3 is 9.73 Å². The van der Waals surface area contributed by atoms with Crippen molar-refractivity contribution in [2.24, 2.45) is 0 Å². The summed E-state index contributed by atoms with van der Waals surface area (Å²) in [5, 5.41) is 4.43. The smallest absolute Gasteiger partial charge is 0.261 e. The fourth-order valence-electron chi connectivity index (χ4n) is 0.961. The molecule has 0 bridgehead atoms. The molecule has 0 fully saturated rings. The van der Waals surface area contributed by atoms with Crippen molar-refractivity contribution < 1.29 is 4.42 Å². The average Bonchev–Trinajstić information content (AvgIpc) is 2.71. The molecule has 2 aromatic rings. The van der Waals surface area contributed by atoms with Gasteiger partial charge in [0, 0.05) is 7.05 Å². The van der Waals surface area contributed by atoms with Crippen molar-refractivity contribution in [3.05, 3.63) is 30.7 Å². The number of aromatic nitrogens is 2. The predicted octanol–water partition coefficient (Wildman–Crippen LogP) is 2.26. The molecule has 0 amide bonds. The third-order valence-electron chi connectivity index (χ3n) is 1.58. The highest BCUT2D eigenvalue weighted by atomic mass is 32.2. The number of rotatable bonds is 3. The van der Waals surface area contributed by atoms with Crippen LogP contribution in [0.1, 0.15) is 0 Å². The Kier molecular flexibility index (Phi) is 2.69. The van der Waals surface area contributed by atoms with Crippen LogP contribution in [0.15, 0.2) is 45.3 Å². The number of oxazole rings is 1. The number of anilines is 1. The molecular formula is C9H9N3OS. The van der Waals surface area contributed by atoms with E-state index in [1.54, 1.807) is 12.5 Å². The average molecular weight is 207 g/mol. The Balaban J connectivity index is 2.17. The second-order valence-electron chi connectivity index (χ2n) is 2.51. The predicted molar refractivity (Wildman–Crippen MR) is 54.4 cm³/mol. The number of hydrogen-bond acceptors (Lipinski definition) is 5. The number of nitrogens with one attached hydrogen (secondary N) is 1. The topological polar surface area (TPSA) is 51.0 Å². The molecule has 1 N–H and O–H groups in total. The molecule has 0 aliphatic heterocycles. The van der Waals surface area contributed by atoms with Gasteiger partial charge in [-0.2, -0.15) is 0 Å². The van der Waals surface area contributed by atoms with E-state index in [-0.39, 0.29) is 0 Å². The molecule has 5 heteroatoms. The zero-order valence-corrected chi connectivity index (χ0v) is 8.41. The lowest BCUT2D eigenvalue weighted by Gasteiger charge is -2.00. The third-order valence-corrected chi connectivity index (χ3v) is 2.39. The van der Waals surface area contributed by atoms with E-state index in [9.17, 15) is 0 Å². The highest BCUT2D eigenvalue weighted by Crippen LogP contribution is 2.24. The molecule has 2 heterocycles. The van der Waals surface area contributed by atoms with Crippen molar-refractivity contribution in [3.63, 3.8) is 0 Å². The third kappa shape index (κ3) is 2.05. The first-order valence-corrected chi connectivity index (χ1v) is 4.92. The van der Waals surface area contributed by atoms with Crippen molar-refractivity contribution in [1.29, 1.82) is 0 Å². The molecule has 0 aromatic carbocycles. The molecule has 0 aliphatic rings. The van der Waals surface area contributed by atoms with Gasteiger partial charge >= 0.3 is 0 Å². The zero-order chi connectivity index (χ0) is 9.80. The summed E-state index contributed by atoms with van der Waals surface area (Å²) in [6.45, 7) is 0. The second-order valence-corrected chi connectivity index (χ2v) is 3.48. The van der Waals surface area contributed by atoms with E-state index < -0.39 is 0 Å². The Bertz CT molecular complexity index is 402. The molecule has 0 spiro atoms. The fraction of sp³-hybridized carbons (Fsp3) is 0.111. The first-order valence-electron chi connectivity index (χ1n) is 4.10. The van der Waals surface area contributed by atoms with Gasteiger partial charge in [0.05, 0.1) is 6.20 Å². The van der Waals surface area contributed by atoms with E-state index in [1.165, 1.54) is 11.8 Å². The van der Waals surface area contributed by atoms with Crippen LogP contribution < -0.4 is 5.32 Å². The molecule has 0 atom stereocenters. The maximum Gasteiger partial charge on any atom is 0.261 e. The van der Waals surface area contributed by atoms with Crippen LogP contribution >= 0.6 is 11.8 Å². The standard InChI is InChI=1S/C9H9N3OS/c1-10-7-3-2-4-8(12-7)14-9-11-5-6-13-9/h2-6H,1H3,(H,10,12). The summed E-state index contributed by atoms with van der Waals surface area (Å²) in [6.07, 6.45) is 3.16. The molecule has 4 nitrogen and oxygen atoms in total. The largest absolute Gasteiger partial charge is 0.440 e. The van der Waals surface area contributed by atoms with Crippen LogP contribution in [0, 0.1) is 0 Å². The van der Waals surface area contributed by atoms with Crippen LogP contribution in [0.4, 0.5) is 5.82 Å². The van der Waals surface area contributed by atoms with E-state index in [1.807, 2.05) is 25.2 Å². The fourth-order valence-corrected chi connectivity index (χ4v) is 1.65. The highest BCUT2D eigenvalue weighted by Gasteiger charge is 2.02. The molecule has 0 saturated heterocycles. The molecule has 0 radical (unpaired) electrons.